The third-order valence-corrected chi connectivity index (χ3v) is 3.01. The van der Waals surface area contributed by atoms with Crippen LogP contribution in [-0.2, 0) is 0 Å². The molecule has 1 aliphatic heterocycles. The Kier molecular flexibility index (Phi) is 2.30. The first-order chi connectivity index (χ1) is 6.20. The number of rotatable bonds is 0. The molecule has 1 aromatic carbocycles. The van der Waals surface area contributed by atoms with E-state index in [1.54, 1.807) is 6.07 Å². The van der Waals surface area contributed by atoms with Crippen LogP contribution in [0.5, 0.6) is 0 Å². The summed E-state index contributed by atoms with van der Waals surface area (Å²) >= 11 is 9.30. The van der Waals surface area contributed by atoms with E-state index in [1.165, 1.54) is 0 Å². The predicted octanol–water partition coefficient (Wildman–Crippen LogP) is 3.10. The van der Waals surface area contributed by atoms with Gasteiger partial charge in [-0.1, -0.05) is 11.6 Å². The molecule has 1 aromatic rings. The van der Waals surface area contributed by atoms with Gasteiger partial charge >= 0.3 is 0 Å². The highest BCUT2D eigenvalue weighted by Crippen LogP contribution is 2.34. The summed E-state index contributed by atoms with van der Waals surface area (Å²) in [5.74, 6) is 0.111. The lowest BCUT2D eigenvalue weighted by Gasteiger charge is -2.19. The second-order valence-electron chi connectivity index (χ2n) is 2.88. The number of anilines is 1. The van der Waals surface area contributed by atoms with E-state index in [1.807, 2.05) is 6.07 Å². The molecule has 0 saturated heterocycles. The maximum atomic E-state index is 11.5. The van der Waals surface area contributed by atoms with E-state index in [4.69, 9.17) is 11.6 Å². The molecule has 4 heteroatoms. The smallest absolute Gasteiger partial charge is 0.168 e. The molecule has 1 N–H and O–H groups in total. The zero-order valence-electron chi connectivity index (χ0n) is 6.73. The maximum absolute atomic E-state index is 11.5. The minimum Gasteiger partial charge on any atom is -0.383 e. The van der Waals surface area contributed by atoms with Crippen LogP contribution in [0, 0.1) is 0 Å². The normalized spacial score (nSPS) is 15.1. The van der Waals surface area contributed by atoms with Gasteiger partial charge in [-0.25, -0.2) is 0 Å². The topological polar surface area (TPSA) is 29.1 Å². The molecule has 2 rings (SSSR count). The van der Waals surface area contributed by atoms with Gasteiger partial charge in [-0.3, -0.25) is 4.79 Å². The molecule has 0 bridgehead atoms. The number of hydrogen-bond acceptors (Lipinski definition) is 2. The first-order valence-electron chi connectivity index (χ1n) is 3.95. The summed E-state index contributed by atoms with van der Waals surface area (Å²) in [5.41, 5.74) is 1.44. The van der Waals surface area contributed by atoms with Crippen LogP contribution in [0.15, 0.2) is 16.6 Å². The fourth-order valence-corrected chi connectivity index (χ4v) is 2.16. The highest BCUT2D eigenvalue weighted by atomic mass is 79.9. The van der Waals surface area contributed by atoms with Gasteiger partial charge in [0.1, 0.15) is 0 Å². The summed E-state index contributed by atoms with van der Waals surface area (Å²) in [6.45, 7) is 0.685. The first-order valence-corrected chi connectivity index (χ1v) is 5.12. The summed E-state index contributed by atoms with van der Waals surface area (Å²) in [6.07, 6.45) is 0.517. The maximum Gasteiger partial charge on any atom is 0.168 e. The van der Waals surface area contributed by atoms with Gasteiger partial charge in [0, 0.05) is 17.4 Å². The van der Waals surface area contributed by atoms with Gasteiger partial charge in [-0.05, 0) is 28.1 Å². The van der Waals surface area contributed by atoms with E-state index in [0.29, 0.717) is 23.6 Å². The third kappa shape index (κ3) is 1.46. The molecule has 13 heavy (non-hydrogen) atoms. The minimum atomic E-state index is 0.111. The largest absolute Gasteiger partial charge is 0.383 e. The van der Waals surface area contributed by atoms with Gasteiger partial charge in [-0.15, -0.1) is 0 Å². The van der Waals surface area contributed by atoms with Crippen molar-refractivity contribution in [3.05, 3.63) is 27.2 Å². The Balaban J connectivity index is 2.67. The van der Waals surface area contributed by atoms with E-state index in [-0.39, 0.29) is 5.78 Å². The molecular formula is C9H7BrClNO. The molecule has 0 atom stereocenters. The average Bonchev–Trinajstić information content (AvgIpc) is 2.12. The zero-order chi connectivity index (χ0) is 9.42. The van der Waals surface area contributed by atoms with Crippen molar-refractivity contribution in [3.63, 3.8) is 0 Å². The Morgan fingerprint density at radius 2 is 2.23 bits per heavy atom. The van der Waals surface area contributed by atoms with Crippen molar-refractivity contribution < 1.29 is 4.79 Å². The van der Waals surface area contributed by atoms with Crippen LogP contribution in [0.25, 0.3) is 0 Å². The summed E-state index contributed by atoms with van der Waals surface area (Å²) in [4.78, 5) is 11.5. The lowest BCUT2D eigenvalue weighted by molar-refractivity contribution is 0.0984. The molecule has 0 fully saturated rings. The number of fused-ring (bicyclic) bond motifs is 1. The molecule has 1 aliphatic rings. The molecule has 68 valence electrons. The SMILES string of the molecule is O=C1CCNc2c(Br)ccc(Cl)c21. The van der Waals surface area contributed by atoms with Crippen molar-refractivity contribution in [3.8, 4) is 0 Å². The van der Waals surface area contributed by atoms with Crippen LogP contribution in [-0.4, -0.2) is 12.3 Å². The second kappa shape index (κ2) is 3.31. The van der Waals surface area contributed by atoms with E-state index in [9.17, 15) is 4.79 Å². The standard InChI is InChI=1S/C9H7BrClNO/c10-5-1-2-6(11)8-7(13)3-4-12-9(5)8/h1-2,12H,3-4H2. The van der Waals surface area contributed by atoms with Gasteiger partial charge in [-0.2, -0.15) is 0 Å². The summed E-state index contributed by atoms with van der Waals surface area (Å²) in [6, 6.07) is 3.57. The van der Waals surface area contributed by atoms with Crippen LogP contribution < -0.4 is 5.32 Å². The highest BCUT2D eigenvalue weighted by molar-refractivity contribution is 9.10. The molecule has 0 amide bonds. The minimum absolute atomic E-state index is 0.111. The van der Waals surface area contributed by atoms with Gasteiger partial charge in [0.05, 0.1) is 16.3 Å². The van der Waals surface area contributed by atoms with Crippen molar-refractivity contribution in [1.29, 1.82) is 0 Å². The number of nitrogens with one attached hydrogen (secondary N) is 1. The number of hydrogen-bond donors (Lipinski definition) is 1. The Hall–Kier alpha value is -0.540. The van der Waals surface area contributed by atoms with Crippen LogP contribution in [0.3, 0.4) is 0 Å². The number of carbonyl (C=O) groups is 1. The Morgan fingerprint density at radius 1 is 1.46 bits per heavy atom. The Bertz CT molecular complexity index is 378. The lowest BCUT2D eigenvalue weighted by atomic mass is 10.0. The van der Waals surface area contributed by atoms with Gasteiger partial charge in [0.25, 0.3) is 0 Å². The van der Waals surface area contributed by atoms with Gasteiger partial charge in [0.15, 0.2) is 5.78 Å². The van der Waals surface area contributed by atoms with Crippen molar-refractivity contribution in [2.45, 2.75) is 6.42 Å². The zero-order valence-corrected chi connectivity index (χ0v) is 9.08. The van der Waals surface area contributed by atoms with E-state index >= 15 is 0 Å². The lowest BCUT2D eigenvalue weighted by Crippen LogP contribution is -2.18. The Labute approximate surface area is 89.4 Å². The predicted molar refractivity (Wildman–Crippen MR) is 56.6 cm³/mol. The number of benzene rings is 1. The number of ketones is 1. The molecule has 0 unspecified atom stereocenters. The molecule has 0 aromatic heterocycles. The molecule has 1 heterocycles. The fourth-order valence-electron chi connectivity index (χ4n) is 1.42. The van der Waals surface area contributed by atoms with Crippen molar-refractivity contribution in [2.75, 3.05) is 11.9 Å². The molecule has 0 aliphatic carbocycles. The summed E-state index contributed by atoms with van der Waals surface area (Å²) in [5, 5.41) is 3.67. The summed E-state index contributed by atoms with van der Waals surface area (Å²) < 4.78 is 0.889. The van der Waals surface area contributed by atoms with Crippen molar-refractivity contribution in [2.24, 2.45) is 0 Å². The fraction of sp³-hybridized carbons (Fsp3) is 0.222. The number of halogens is 2. The van der Waals surface area contributed by atoms with E-state index in [0.717, 1.165) is 10.2 Å². The molecule has 0 saturated carbocycles. The van der Waals surface area contributed by atoms with Crippen LogP contribution in [0.2, 0.25) is 5.02 Å². The van der Waals surface area contributed by atoms with E-state index in [2.05, 4.69) is 21.2 Å². The quantitative estimate of drug-likeness (QED) is 0.776. The van der Waals surface area contributed by atoms with Gasteiger partial charge in [0.2, 0.25) is 0 Å². The highest BCUT2D eigenvalue weighted by Gasteiger charge is 2.21. The summed E-state index contributed by atoms with van der Waals surface area (Å²) in [7, 11) is 0. The van der Waals surface area contributed by atoms with Crippen molar-refractivity contribution >= 4 is 39.0 Å². The van der Waals surface area contributed by atoms with Crippen LogP contribution >= 0.6 is 27.5 Å². The van der Waals surface area contributed by atoms with Crippen LogP contribution in [0.1, 0.15) is 16.8 Å². The van der Waals surface area contributed by atoms with E-state index < -0.39 is 0 Å². The monoisotopic (exact) mass is 259 g/mol. The molecule has 2 nitrogen and oxygen atoms in total. The second-order valence-corrected chi connectivity index (χ2v) is 4.14. The molecular weight excluding hydrogens is 253 g/mol. The van der Waals surface area contributed by atoms with Crippen LogP contribution in [0.4, 0.5) is 5.69 Å². The number of carbonyl (C=O) groups excluding carboxylic acids is 1. The van der Waals surface area contributed by atoms with Crippen molar-refractivity contribution in [1.82, 2.24) is 0 Å². The average molecular weight is 261 g/mol. The van der Waals surface area contributed by atoms with Gasteiger partial charge < -0.3 is 5.32 Å². The molecule has 0 spiro atoms. The number of Topliss-reactive ketones (excluding diaryl/α,β-unsaturated/α-hetero) is 1. The third-order valence-electron chi connectivity index (χ3n) is 2.04. The first kappa shape index (κ1) is 9.03. The Morgan fingerprint density at radius 3 is 2.92 bits per heavy atom. The molecule has 0 radical (unpaired) electrons.